The Morgan fingerprint density at radius 3 is 2.53 bits per heavy atom. The van der Waals surface area contributed by atoms with E-state index < -0.39 is 0 Å². The first-order chi connectivity index (χ1) is 14.6. The predicted octanol–water partition coefficient (Wildman–Crippen LogP) is 4.87. The van der Waals surface area contributed by atoms with E-state index in [0.717, 1.165) is 47.1 Å². The topological polar surface area (TPSA) is 58.1 Å². The van der Waals surface area contributed by atoms with E-state index in [1.807, 2.05) is 55.6 Å². The van der Waals surface area contributed by atoms with Crippen molar-refractivity contribution in [2.75, 3.05) is 23.3 Å². The first-order valence-corrected chi connectivity index (χ1v) is 10.6. The zero-order valence-electron chi connectivity index (χ0n) is 17.6. The number of carbonyl (C=O) groups excluding carboxylic acids is 1. The summed E-state index contributed by atoms with van der Waals surface area (Å²) in [7, 11) is 0. The monoisotopic (exact) mass is 400 g/mol. The Balaban J connectivity index is 1.46. The number of aromatic nitrogens is 2. The van der Waals surface area contributed by atoms with Crippen LogP contribution in [0.2, 0.25) is 0 Å². The molecule has 1 saturated heterocycles. The van der Waals surface area contributed by atoms with Gasteiger partial charge in [0.15, 0.2) is 0 Å². The third-order valence-electron chi connectivity index (χ3n) is 5.66. The van der Waals surface area contributed by atoms with Gasteiger partial charge in [0, 0.05) is 25.5 Å². The molecule has 0 radical (unpaired) electrons. The van der Waals surface area contributed by atoms with E-state index in [-0.39, 0.29) is 5.91 Å². The molecule has 5 nitrogen and oxygen atoms in total. The fourth-order valence-corrected chi connectivity index (χ4v) is 3.88. The van der Waals surface area contributed by atoms with Crippen molar-refractivity contribution in [1.29, 1.82) is 0 Å². The second-order valence-electron chi connectivity index (χ2n) is 8.22. The number of anilines is 2. The summed E-state index contributed by atoms with van der Waals surface area (Å²) >= 11 is 0. The van der Waals surface area contributed by atoms with Crippen LogP contribution in [0.1, 0.15) is 30.9 Å². The van der Waals surface area contributed by atoms with E-state index in [0.29, 0.717) is 12.2 Å². The van der Waals surface area contributed by atoms with Crippen molar-refractivity contribution >= 4 is 17.5 Å². The number of hydrogen-bond acceptors (Lipinski definition) is 4. The maximum absolute atomic E-state index is 12.5. The number of pyridine rings is 2. The van der Waals surface area contributed by atoms with E-state index in [1.165, 1.54) is 12.8 Å². The summed E-state index contributed by atoms with van der Waals surface area (Å²) < 4.78 is 0. The Labute approximate surface area is 178 Å². The minimum absolute atomic E-state index is 0.0666. The third kappa shape index (κ3) is 5.03. The van der Waals surface area contributed by atoms with Crippen LogP contribution in [0.3, 0.4) is 0 Å². The van der Waals surface area contributed by atoms with Gasteiger partial charge in [0.25, 0.3) is 0 Å². The average molecular weight is 401 g/mol. The summed E-state index contributed by atoms with van der Waals surface area (Å²) in [6, 6.07) is 16.0. The zero-order valence-corrected chi connectivity index (χ0v) is 17.6. The second-order valence-corrected chi connectivity index (χ2v) is 8.22. The van der Waals surface area contributed by atoms with Crippen LogP contribution in [-0.2, 0) is 11.2 Å². The molecule has 30 heavy (non-hydrogen) atoms. The van der Waals surface area contributed by atoms with Crippen molar-refractivity contribution in [3.63, 3.8) is 0 Å². The number of carbonyl (C=O) groups is 1. The Bertz CT molecular complexity index is 1020. The van der Waals surface area contributed by atoms with Crippen LogP contribution in [0.5, 0.6) is 0 Å². The van der Waals surface area contributed by atoms with Crippen LogP contribution in [0.4, 0.5) is 11.6 Å². The van der Waals surface area contributed by atoms with E-state index >= 15 is 0 Å². The normalized spacial score (nSPS) is 14.5. The highest BCUT2D eigenvalue weighted by atomic mass is 16.1. The van der Waals surface area contributed by atoms with Gasteiger partial charge in [-0.3, -0.25) is 4.79 Å². The minimum atomic E-state index is -0.0666. The van der Waals surface area contributed by atoms with Crippen molar-refractivity contribution in [2.45, 2.75) is 33.1 Å². The predicted molar refractivity (Wildman–Crippen MR) is 122 cm³/mol. The lowest BCUT2D eigenvalue weighted by atomic mass is 9.99. The zero-order chi connectivity index (χ0) is 20.9. The number of aryl methyl sites for hydroxylation is 1. The minimum Gasteiger partial charge on any atom is -0.357 e. The van der Waals surface area contributed by atoms with Crippen LogP contribution in [-0.4, -0.2) is 29.0 Å². The van der Waals surface area contributed by atoms with Crippen LogP contribution in [0.25, 0.3) is 11.1 Å². The Kier molecular flexibility index (Phi) is 6.07. The van der Waals surface area contributed by atoms with Crippen molar-refractivity contribution in [1.82, 2.24) is 9.97 Å². The molecule has 0 spiro atoms. The van der Waals surface area contributed by atoms with E-state index in [9.17, 15) is 4.79 Å². The van der Waals surface area contributed by atoms with E-state index in [1.54, 1.807) is 6.20 Å². The van der Waals surface area contributed by atoms with Gasteiger partial charge in [-0.1, -0.05) is 36.8 Å². The Hall–Kier alpha value is -3.21. The molecule has 2 aromatic heterocycles. The molecule has 3 heterocycles. The number of hydrogen-bond donors (Lipinski definition) is 1. The number of benzene rings is 1. The van der Waals surface area contributed by atoms with Gasteiger partial charge in [-0.25, -0.2) is 9.97 Å². The van der Waals surface area contributed by atoms with Crippen LogP contribution in [0, 0.1) is 12.8 Å². The maximum Gasteiger partial charge on any atom is 0.229 e. The first-order valence-electron chi connectivity index (χ1n) is 10.6. The smallest absolute Gasteiger partial charge is 0.229 e. The van der Waals surface area contributed by atoms with Gasteiger partial charge in [-0.2, -0.15) is 0 Å². The molecular weight excluding hydrogens is 372 g/mol. The molecule has 1 aliphatic heterocycles. The lowest BCUT2D eigenvalue weighted by Gasteiger charge is -2.31. The summed E-state index contributed by atoms with van der Waals surface area (Å²) in [4.78, 5) is 23.7. The SMILES string of the molecule is Cc1cccc(CC(=O)Nc2cc(-c3ccnc(N4CCC(C)CC4)c3)ccn2)c1. The summed E-state index contributed by atoms with van der Waals surface area (Å²) in [5.41, 5.74) is 4.25. The first kappa shape index (κ1) is 20.1. The molecule has 154 valence electrons. The molecule has 1 aromatic carbocycles. The largest absolute Gasteiger partial charge is 0.357 e. The molecule has 1 amide bonds. The lowest BCUT2D eigenvalue weighted by Crippen LogP contribution is -2.33. The molecule has 1 N–H and O–H groups in total. The fraction of sp³-hybridized carbons (Fsp3) is 0.320. The van der Waals surface area contributed by atoms with Crippen molar-refractivity contribution in [3.8, 4) is 11.1 Å². The summed E-state index contributed by atoms with van der Waals surface area (Å²) in [5, 5.41) is 2.93. The summed E-state index contributed by atoms with van der Waals surface area (Å²) in [5.74, 6) is 2.30. The summed E-state index contributed by atoms with van der Waals surface area (Å²) in [6.07, 6.45) is 6.34. The third-order valence-corrected chi connectivity index (χ3v) is 5.66. The number of amides is 1. The molecule has 0 aliphatic carbocycles. The number of nitrogens with one attached hydrogen (secondary N) is 1. The van der Waals surface area contributed by atoms with Gasteiger partial charge < -0.3 is 10.2 Å². The lowest BCUT2D eigenvalue weighted by molar-refractivity contribution is -0.115. The van der Waals surface area contributed by atoms with Crippen molar-refractivity contribution < 1.29 is 4.79 Å². The molecule has 5 heteroatoms. The molecule has 0 saturated carbocycles. The highest BCUT2D eigenvalue weighted by Gasteiger charge is 2.17. The molecule has 0 atom stereocenters. The molecule has 4 rings (SSSR count). The van der Waals surface area contributed by atoms with Gasteiger partial charge in [-0.05, 0) is 66.6 Å². The Morgan fingerprint density at radius 1 is 1.03 bits per heavy atom. The number of rotatable bonds is 5. The van der Waals surface area contributed by atoms with Crippen LogP contribution < -0.4 is 10.2 Å². The van der Waals surface area contributed by atoms with Crippen molar-refractivity contribution in [3.05, 3.63) is 72.1 Å². The average Bonchev–Trinajstić information content (AvgIpc) is 2.74. The maximum atomic E-state index is 12.5. The van der Waals surface area contributed by atoms with Crippen LogP contribution >= 0.6 is 0 Å². The van der Waals surface area contributed by atoms with Gasteiger partial charge in [0.2, 0.25) is 5.91 Å². The quantitative estimate of drug-likeness (QED) is 0.664. The van der Waals surface area contributed by atoms with E-state index in [4.69, 9.17) is 0 Å². The van der Waals surface area contributed by atoms with Crippen molar-refractivity contribution in [2.24, 2.45) is 5.92 Å². The molecule has 3 aromatic rings. The van der Waals surface area contributed by atoms with Gasteiger partial charge in [0.1, 0.15) is 11.6 Å². The van der Waals surface area contributed by atoms with E-state index in [2.05, 4.69) is 33.2 Å². The molecule has 0 bridgehead atoms. The highest BCUT2D eigenvalue weighted by molar-refractivity contribution is 5.92. The van der Waals surface area contributed by atoms with Crippen LogP contribution in [0.15, 0.2) is 60.9 Å². The molecule has 0 unspecified atom stereocenters. The Morgan fingerprint density at radius 2 is 1.77 bits per heavy atom. The highest BCUT2D eigenvalue weighted by Crippen LogP contribution is 2.27. The second kappa shape index (κ2) is 9.08. The van der Waals surface area contributed by atoms with Gasteiger partial charge in [-0.15, -0.1) is 0 Å². The molecule has 1 fully saturated rings. The number of piperidine rings is 1. The van der Waals surface area contributed by atoms with Gasteiger partial charge >= 0.3 is 0 Å². The number of nitrogens with zero attached hydrogens (tertiary/aromatic N) is 3. The molecule has 1 aliphatic rings. The standard InChI is InChI=1S/C25H28N4O/c1-18-8-12-29(13-9-18)24-17-22(7-11-27-24)21-6-10-26-23(16-21)28-25(30)15-20-5-3-4-19(2)14-20/h3-7,10-11,14,16-18H,8-9,12-13,15H2,1-2H3,(H,26,28,30). The molecular formula is C25H28N4O. The van der Waals surface area contributed by atoms with Gasteiger partial charge in [0.05, 0.1) is 6.42 Å². The fourth-order valence-electron chi connectivity index (χ4n) is 3.88. The summed E-state index contributed by atoms with van der Waals surface area (Å²) in [6.45, 7) is 6.44.